The smallest absolute Gasteiger partial charge is 0.306 e. The molecule has 51 heavy (non-hydrogen) atoms. The predicted octanol–water partition coefficient (Wildman–Crippen LogP) is 15.5. The molecule has 0 heterocycles. The normalized spacial score (nSPS) is 31.0. The van der Waals surface area contributed by atoms with Crippen molar-refractivity contribution in [3.05, 3.63) is 23.8 Å². The monoisotopic (exact) mass is 707 g/mol. The number of rotatable bonds is 25. The van der Waals surface area contributed by atoms with Gasteiger partial charge in [0.25, 0.3) is 0 Å². The Morgan fingerprint density at radius 1 is 0.745 bits per heavy atom. The minimum atomic E-state index is 0.0619. The fourth-order valence-corrected chi connectivity index (χ4v) is 12.0. The Morgan fingerprint density at radius 3 is 2.02 bits per heavy atom. The van der Waals surface area contributed by atoms with E-state index in [-0.39, 0.29) is 12.1 Å². The molecule has 0 N–H and O–H groups in total. The number of carbonyl (C=O) groups is 1. The van der Waals surface area contributed by atoms with Gasteiger partial charge in [0.1, 0.15) is 6.10 Å². The zero-order valence-electron chi connectivity index (χ0n) is 35.1. The summed E-state index contributed by atoms with van der Waals surface area (Å²) in [7, 11) is 0. The molecule has 2 nitrogen and oxygen atoms in total. The Balaban J connectivity index is 1.04. The largest absolute Gasteiger partial charge is 0.462 e. The Hall–Kier alpha value is -1.05. The van der Waals surface area contributed by atoms with Gasteiger partial charge in [-0.15, -0.1) is 0 Å². The lowest BCUT2D eigenvalue weighted by molar-refractivity contribution is -0.151. The fraction of sp³-hybridized carbons (Fsp3) is 0.898. The van der Waals surface area contributed by atoms with Crippen LogP contribution in [-0.4, -0.2) is 12.1 Å². The standard InChI is InChI=1S/C49H86O2/c1-7-8-9-10-11-12-13-14-15-16-17-18-19-20-21-22-23-24-25-29-47(50)51-42-34-36-48(5)41(38-42)30-31-43-45-33-32-44(40(4)28-26-27-39(2)3)49(45,6)37-35-46(43)48/h14-15,30,39-40,42-46H,7-13,16-29,31-38H2,1-6H3/b15-14-/t40-,42-,43-,44+,45-,46-,48-,49+/m0/s1. The number of hydrogen-bond donors (Lipinski definition) is 0. The summed E-state index contributed by atoms with van der Waals surface area (Å²) in [6, 6.07) is 0. The Kier molecular flexibility index (Phi) is 18.7. The highest BCUT2D eigenvalue weighted by molar-refractivity contribution is 5.69. The summed E-state index contributed by atoms with van der Waals surface area (Å²) < 4.78 is 6.15. The zero-order valence-corrected chi connectivity index (χ0v) is 35.1. The van der Waals surface area contributed by atoms with Gasteiger partial charge in [-0.2, -0.15) is 0 Å². The minimum absolute atomic E-state index is 0.0619. The second kappa shape index (κ2) is 22.4. The van der Waals surface area contributed by atoms with Crippen molar-refractivity contribution < 1.29 is 9.53 Å². The zero-order chi connectivity index (χ0) is 36.5. The van der Waals surface area contributed by atoms with Crippen LogP contribution in [0, 0.1) is 46.3 Å². The molecule has 0 radical (unpaired) electrons. The quantitative estimate of drug-likeness (QED) is 0.0537. The molecular weight excluding hydrogens is 621 g/mol. The highest BCUT2D eigenvalue weighted by Gasteiger charge is 2.59. The van der Waals surface area contributed by atoms with Gasteiger partial charge in [0.15, 0.2) is 0 Å². The molecule has 3 saturated carbocycles. The lowest BCUT2D eigenvalue weighted by Gasteiger charge is -2.58. The van der Waals surface area contributed by atoms with Gasteiger partial charge < -0.3 is 4.74 Å². The molecule has 3 fully saturated rings. The van der Waals surface area contributed by atoms with Crippen LogP contribution in [0.2, 0.25) is 0 Å². The van der Waals surface area contributed by atoms with Crippen LogP contribution in [0.15, 0.2) is 23.8 Å². The van der Waals surface area contributed by atoms with Crippen LogP contribution in [-0.2, 0) is 9.53 Å². The third-order valence-corrected chi connectivity index (χ3v) is 15.2. The van der Waals surface area contributed by atoms with Crippen molar-refractivity contribution in [2.45, 2.75) is 234 Å². The molecule has 0 spiro atoms. The molecule has 4 aliphatic rings. The number of allylic oxidation sites excluding steroid dienone is 3. The second-order valence-electron chi connectivity index (χ2n) is 19.4. The summed E-state index contributed by atoms with van der Waals surface area (Å²) in [5, 5.41) is 0. The molecule has 8 atom stereocenters. The SMILES string of the molecule is CCCCCCCC/C=C\CCCCCCCCCCCC(=O)O[C@H]1CC[C@@]2(C)C(=CC[C@H]3[C@@H]4CC[C@H]([C@@H](C)CCCC(C)C)[C@@]4(C)CC[C@@H]32)C1. The van der Waals surface area contributed by atoms with Crippen LogP contribution in [0.1, 0.15) is 228 Å². The van der Waals surface area contributed by atoms with Crippen molar-refractivity contribution >= 4 is 5.97 Å². The molecular formula is C49H86O2. The third kappa shape index (κ3) is 12.8. The molecule has 0 saturated heterocycles. The van der Waals surface area contributed by atoms with Crippen LogP contribution >= 0.6 is 0 Å². The van der Waals surface area contributed by atoms with Crippen LogP contribution < -0.4 is 0 Å². The number of esters is 1. The molecule has 4 aliphatic carbocycles. The van der Waals surface area contributed by atoms with E-state index in [9.17, 15) is 4.79 Å². The van der Waals surface area contributed by atoms with Crippen molar-refractivity contribution in [2.24, 2.45) is 46.3 Å². The van der Waals surface area contributed by atoms with Gasteiger partial charge in [0, 0.05) is 12.8 Å². The van der Waals surface area contributed by atoms with E-state index in [2.05, 4.69) is 59.8 Å². The van der Waals surface area contributed by atoms with Crippen molar-refractivity contribution in [2.75, 3.05) is 0 Å². The Bertz CT molecular complexity index is 1040. The third-order valence-electron chi connectivity index (χ3n) is 15.2. The van der Waals surface area contributed by atoms with Gasteiger partial charge >= 0.3 is 5.97 Å². The molecule has 0 unspecified atom stereocenters. The molecule has 0 amide bonds. The van der Waals surface area contributed by atoms with E-state index in [0.29, 0.717) is 17.3 Å². The number of ether oxygens (including phenoxy) is 1. The first-order valence-corrected chi connectivity index (χ1v) is 23.2. The van der Waals surface area contributed by atoms with Crippen LogP contribution in [0.25, 0.3) is 0 Å². The van der Waals surface area contributed by atoms with E-state index in [1.54, 1.807) is 5.57 Å². The van der Waals surface area contributed by atoms with Crippen molar-refractivity contribution in [1.82, 2.24) is 0 Å². The van der Waals surface area contributed by atoms with Gasteiger partial charge in [-0.1, -0.05) is 162 Å². The average molecular weight is 707 g/mol. The van der Waals surface area contributed by atoms with E-state index >= 15 is 0 Å². The molecule has 0 aromatic rings. The van der Waals surface area contributed by atoms with E-state index in [0.717, 1.165) is 54.8 Å². The molecule has 0 bridgehead atoms. The van der Waals surface area contributed by atoms with Crippen LogP contribution in [0.4, 0.5) is 0 Å². The number of unbranched alkanes of at least 4 members (excludes halogenated alkanes) is 15. The summed E-state index contributed by atoms with van der Waals surface area (Å²) in [4.78, 5) is 12.9. The lowest BCUT2D eigenvalue weighted by atomic mass is 9.47. The lowest BCUT2D eigenvalue weighted by Crippen LogP contribution is -2.51. The van der Waals surface area contributed by atoms with Gasteiger partial charge in [0.05, 0.1) is 0 Å². The summed E-state index contributed by atoms with van der Waals surface area (Å²) in [6.45, 7) is 15.0. The van der Waals surface area contributed by atoms with Crippen molar-refractivity contribution in [3.63, 3.8) is 0 Å². The first-order valence-electron chi connectivity index (χ1n) is 23.2. The molecule has 0 aliphatic heterocycles. The summed E-state index contributed by atoms with van der Waals surface area (Å²) in [5.74, 6) is 5.32. The summed E-state index contributed by atoms with van der Waals surface area (Å²) >= 11 is 0. The highest BCUT2D eigenvalue weighted by Crippen LogP contribution is 2.67. The summed E-state index contributed by atoms with van der Waals surface area (Å²) in [5.41, 5.74) is 2.53. The van der Waals surface area contributed by atoms with Crippen molar-refractivity contribution in [3.8, 4) is 0 Å². The maximum atomic E-state index is 12.9. The molecule has 4 rings (SSSR count). The van der Waals surface area contributed by atoms with Crippen molar-refractivity contribution in [1.29, 1.82) is 0 Å². The maximum absolute atomic E-state index is 12.9. The average Bonchev–Trinajstić information content (AvgIpc) is 3.46. The van der Waals surface area contributed by atoms with E-state index in [4.69, 9.17) is 4.74 Å². The van der Waals surface area contributed by atoms with Gasteiger partial charge in [0.2, 0.25) is 0 Å². The molecule has 0 aromatic carbocycles. The predicted molar refractivity (Wildman–Crippen MR) is 221 cm³/mol. The highest BCUT2D eigenvalue weighted by atomic mass is 16.5. The maximum Gasteiger partial charge on any atom is 0.306 e. The summed E-state index contributed by atoms with van der Waals surface area (Å²) in [6.07, 6.45) is 45.4. The number of hydrogen-bond acceptors (Lipinski definition) is 2. The first kappa shape index (κ1) is 42.7. The molecule has 0 aromatic heterocycles. The topological polar surface area (TPSA) is 26.3 Å². The fourth-order valence-electron chi connectivity index (χ4n) is 12.0. The first-order chi connectivity index (χ1) is 24.7. The van der Waals surface area contributed by atoms with Crippen LogP contribution in [0.3, 0.4) is 0 Å². The molecule has 294 valence electrons. The number of carbonyl (C=O) groups excluding carboxylic acids is 1. The molecule has 2 heteroatoms. The Morgan fingerprint density at radius 2 is 1.37 bits per heavy atom. The van der Waals surface area contributed by atoms with Crippen LogP contribution in [0.5, 0.6) is 0 Å². The Labute approximate surface area is 318 Å². The van der Waals surface area contributed by atoms with E-state index in [1.807, 2.05) is 0 Å². The van der Waals surface area contributed by atoms with E-state index < -0.39 is 0 Å². The number of fused-ring (bicyclic) bond motifs is 5. The second-order valence-corrected chi connectivity index (χ2v) is 19.4. The van der Waals surface area contributed by atoms with Gasteiger partial charge in [-0.3, -0.25) is 4.79 Å². The van der Waals surface area contributed by atoms with Gasteiger partial charge in [-0.25, -0.2) is 0 Å². The minimum Gasteiger partial charge on any atom is -0.462 e. The van der Waals surface area contributed by atoms with E-state index in [1.165, 1.54) is 161 Å². The van der Waals surface area contributed by atoms with Gasteiger partial charge in [-0.05, 0) is 123 Å².